The van der Waals surface area contributed by atoms with Gasteiger partial charge < -0.3 is 4.90 Å². The van der Waals surface area contributed by atoms with Crippen molar-refractivity contribution >= 4 is 12.6 Å². The minimum Gasteiger partial charge on any atom is -0.373 e. The van der Waals surface area contributed by atoms with Gasteiger partial charge in [-0.25, -0.2) is 0 Å². The van der Waals surface area contributed by atoms with E-state index in [2.05, 4.69) is 36.7 Å². The molecule has 0 saturated heterocycles. The van der Waals surface area contributed by atoms with Crippen molar-refractivity contribution < 1.29 is 0 Å². The Kier molecular flexibility index (Phi) is 2.22. The Balaban J connectivity index is 2.55. The smallest absolute Gasteiger partial charge is 0.0357 e. The Bertz CT molecular complexity index is 149. The van der Waals surface area contributed by atoms with Crippen LogP contribution in [0, 0.1) is 0 Å². The predicted octanol–water partition coefficient (Wildman–Crippen LogP) is 1.65. The van der Waals surface area contributed by atoms with E-state index in [0.29, 0.717) is 0 Å². The molecule has 0 unspecified atom stereocenters. The quantitative estimate of drug-likeness (QED) is 0.543. The van der Waals surface area contributed by atoms with Crippen molar-refractivity contribution in [2.24, 2.45) is 0 Å². The highest BCUT2D eigenvalue weighted by atomic mass is 32.1. The van der Waals surface area contributed by atoms with Crippen LogP contribution in [0.15, 0.2) is 23.3 Å². The molecule has 1 aliphatic heterocycles. The first kappa shape index (κ1) is 6.75. The lowest BCUT2D eigenvalue weighted by atomic mass is 10.3. The first-order valence-corrected chi connectivity index (χ1v) is 3.59. The van der Waals surface area contributed by atoms with Gasteiger partial charge >= 0.3 is 0 Å². The van der Waals surface area contributed by atoms with E-state index in [1.54, 1.807) is 0 Å². The summed E-state index contributed by atoms with van der Waals surface area (Å²) in [6.07, 6.45) is 6.20. The summed E-state index contributed by atoms with van der Waals surface area (Å²) in [5.74, 6) is 0. The molecular formula is C7H11NS. The molecule has 50 valence electrons. The van der Waals surface area contributed by atoms with Crippen molar-refractivity contribution in [3.63, 3.8) is 0 Å². The van der Waals surface area contributed by atoms with Crippen LogP contribution < -0.4 is 0 Å². The van der Waals surface area contributed by atoms with Gasteiger partial charge in [-0.3, -0.25) is 0 Å². The summed E-state index contributed by atoms with van der Waals surface area (Å²) < 4.78 is 0. The van der Waals surface area contributed by atoms with Crippen LogP contribution in [0.3, 0.4) is 0 Å². The van der Waals surface area contributed by atoms with Crippen LogP contribution in [-0.2, 0) is 0 Å². The van der Waals surface area contributed by atoms with Gasteiger partial charge in [0, 0.05) is 24.2 Å². The third-order valence-corrected chi connectivity index (χ3v) is 1.61. The second kappa shape index (κ2) is 2.97. The normalized spacial score (nSPS) is 18.0. The summed E-state index contributed by atoms with van der Waals surface area (Å²) in [5, 5.41) is 0. The van der Waals surface area contributed by atoms with Crippen molar-refractivity contribution in [2.75, 3.05) is 13.1 Å². The average Bonchev–Trinajstić information content (AvgIpc) is 1.88. The number of likely N-dealkylation sites (N-methyl/N-ethyl adjacent to an activating group) is 1. The Morgan fingerprint density at radius 1 is 1.78 bits per heavy atom. The average molecular weight is 141 g/mol. The van der Waals surface area contributed by atoms with E-state index in [4.69, 9.17) is 0 Å². The van der Waals surface area contributed by atoms with E-state index in [1.807, 2.05) is 6.08 Å². The topological polar surface area (TPSA) is 3.24 Å². The van der Waals surface area contributed by atoms with Crippen LogP contribution >= 0.6 is 12.6 Å². The maximum Gasteiger partial charge on any atom is 0.0357 e. The highest BCUT2D eigenvalue weighted by molar-refractivity contribution is 7.84. The van der Waals surface area contributed by atoms with Crippen molar-refractivity contribution in [3.8, 4) is 0 Å². The first-order valence-electron chi connectivity index (χ1n) is 3.14. The number of nitrogens with zero attached hydrogens (tertiary/aromatic N) is 1. The Morgan fingerprint density at radius 3 is 3.00 bits per heavy atom. The molecule has 1 nitrogen and oxygen atoms in total. The second-order valence-corrected chi connectivity index (χ2v) is 2.56. The number of hydrogen-bond acceptors (Lipinski definition) is 2. The first-order chi connectivity index (χ1) is 4.33. The maximum atomic E-state index is 4.21. The van der Waals surface area contributed by atoms with Crippen LogP contribution in [-0.4, -0.2) is 18.0 Å². The summed E-state index contributed by atoms with van der Waals surface area (Å²) in [6, 6.07) is 0. The van der Waals surface area contributed by atoms with Crippen molar-refractivity contribution in [3.05, 3.63) is 23.3 Å². The lowest BCUT2D eigenvalue weighted by Crippen LogP contribution is -2.18. The molecule has 0 atom stereocenters. The van der Waals surface area contributed by atoms with Crippen LogP contribution in [0.1, 0.15) is 6.92 Å². The molecule has 0 N–H and O–H groups in total. The molecule has 1 heterocycles. The fraction of sp³-hybridized carbons (Fsp3) is 0.429. The Morgan fingerprint density at radius 2 is 2.56 bits per heavy atom. The molecule has 0 bridgehead atoms. The number of rotatable bonds is 1. The molecule has 2 heteroatoms. The maximum absolute atomic E-state index is 4.21. The van der Waals surface area contributed by atoms with E-state index in [1.165, 1.54) is 0 Å². The molecule has 0 aromatic rings. The van der Waals surface area contributed by atoms with Gasteiger partial charge in [0.25, 0.3) is 0 Å². The minimum atomic E-state index is 1.03. The summed E-state index contributed by atoms with van der Waals surface area (Å²) in [5.41, 5.74) is 0. The molecule has 0 radical (unpaired) electrons. The van der Waals surface area contributed by atoms with E-state index in [-0.39, 0.29) is 0 Å². The second-order valence-electron chi connectivity index (χ2n) is 2.04. The monoisotopic (exact) mass is 141 g/mol. The Hall–Kier alpha value is -0.370. The third-order valence-electron chi connectivity index (χ3n) is 1.35. The van der Waals surface area contributed by atoms with Gasteiger partial charge in [-0.1, -0.05) is 6.08 Å². The molecule has 1 aliphatic rings. The Labute approximate surface area is 61.5 Å². The molecule has 0 saturated carbocycles. The SMILES string of the molecule is CCN1C=C(S)C=CC1. The minimum absolute atomic E-state index is 1.03. The van der Waals surface area contributed by atoms with E-state index in [0.717, 1.165) is 18.0 Å². The van der Waals surface area contributed by atoms with Gasteiger partial charge in [0.05, 0.1) is 0 Å². The zero-order valence-electron chi connectivity index (χ0n) is 5.54. The van der Waals surface area contributed by atoms with Gasteiger partial charge in [-0.2, -0.15) is 0 Å². The lowest BCUT2D eigenvalue weighted by molar-refractivity contribution is 0.435. The molecule has 0 spiro atoms. The van der Waals surface area contributed by atoms with Gasteiger partial charge in [0.2, 0.25) is 0 Å². The molecule has 1 rings (SSSR count). The molecule has 0 fully saturated rings. The summed E-state index contributed by atoms with van der Waals surface area (Å²) in [7, 11) is 0. The van der Waals surface area contributed by atoms with Crippen molar-refractivity contribution in [1.82, 2.24) is 4.90 Å². The fourth-order valence-electron chi connectivity index (χ4n) is 0.812. The van der Waals surface area contributed by atoms with Gasteiger partial charge in [0.15, 0.2) is 0 Å². The van der Waals surface area contributed by atoms with Gasteiger partial charge in [0.1, 0.15) is 0 Å². The van der Waals surface area contributed by atoms with Crippen LogP contribution in [0.5, 0.6) is 0 Å². The summed E-state index contributed by atoms with van der Waals surface area (Å²) in [4.78, 5) is 3.26. The standard InChI is InChI=1S/C7H11NS/c1-2-8-5-3-4-7(9)6-8/h3-4,6,9H,2,5H2,1H3. The predicted molar refractivity (Wildman–Crippen MR) is 43.5 cm³/mol. The molecular weight excluding hydrogens is 130 g/mol. The molecule has 0 aromatic carbocycles. The van der Waals surface area contributed by atoms with E-state index in [9.17, 15) is 0 Å². The van der Waals surface area contributed by atoms with E-state index >= 15 is 0 Å². The zero-order valence-corrected chi connectivity index (χ0v) is 6.44. The molecule has 9 heavy (non-hydrogen) atoms. The summed E-state index contributed by atoms with van der Waals surface area (Å²) >= 11 is 4.21. The largest absolute Gasteiger partial charge is 0.373 e. The van der Waals surface area contributed by atoms with E-state index < -0.39 is 0 Å². The summed E-state index contributed by atoms with van der Waals surface area (Å²) in [6.45, 7) is 4.23. The van der Waals surface area contributed by atoms with Crippen LogP contribution in [0.2, 0.25) is 0 Å². The van der Waals surface area contributed by atoms with Crippen LogP contribution in [0.25, 0.3) is 0 Å². The van der Waals surface area contributed by atoms with Crippen molar-refractivity contribution in [2.45, 2.75) is 6.92 Å². The highest BCUT2D eigenvalue weighted by Gasteiger charge is 1.97. The third kappa shape index (κ3) is 1.79. The fourth-order valence-corrected chi connectivity index (χ4v) is 1.08. The van der Waals surface area contributed by atoms with Gasteiger partial charge in [-0.15, -0.1) is 12.6 Å². The number of thiol groups is 1. The molecule has 0 amide bonds. The number of allylic oxidation sites excluding steroid dienone is 1. The highest BCUT2D eigenvalue weighted by Crippen LogP contribution is 2.09. The molecule has 0 aromatic heterocycles. The lowest BCUT2D eigenvalue weighted by Gasteiger charge is -2.19. The van der Waals surface area contributed by atoms with Crippen molar-refractivity contribution in [1.29, 1.82) is 0 Å². The number of hydrogen-bond donors (Lipinski definition) is 1. The zero-order chi connectivity index (χ0) is 6.69. The van der Waals surface area contributed by atoms with Gasteiger partial charge in [-0.05, 0) is 13.0 Å². The van der Waals surface area contributed by atoms with Crippen LogP contribution in [0.4, 0.5) is 0 Å². The molecule has 0 aliphatic carbocycles.